The normalized spacial score (nSPS) is 15.4. The summed E-state index contributed by atoms with van der Waals surface area (Å²) in [5, 5.41) is 20.2. The first-order chi connectivity index (χ1) is 12.9. The highest BCUT2D eigenvalue weighted by molar-refractivity contribution is 8.18. The van der Waals surface area contributed by atoms with Crippen LogP contribution >= 0.6 is 11.8 Å². The minimum Gasteiger partial charge on any atom is -0.507 e. The molecule has 0 aliphatic carbocycles. The predicted molar refractivity (Wildman–Crippen MR) is 99.3 cm³/mol. The number of nitro groups is 1. The van der Waals surface area contributed by atoms with Crippen LogP contribution in [0.25, 0.3) is 6.08 Å². The third-order valence-corrected chi connectivity index (χ3v) is 4.79. The minimum atomic E-state index is -0.521. The van der Waals surface area contributed by atoms with Crippen LogP contribution in [0.2, 0.25) is 0 Å². The first kappa shape index (κ1) is 18.5. The van der Waals surface area contributed by atoms with Gasteiger partial charge in [-0.1, -0.05) is 12.1 Å². The molecule has 1 saturated heterocycles. The summed E-state index contributed by atoms with van der Waals surface area (Å²) in [4.78, 5) is 36.2. The number of rotatable bonds is 5. The van der Waals surface area contributed by atoms with Gasteiger partial charge in [0.15, 0.2) is 0 Å². The molecule has 1 aliphatic heterocycles. The van der Waals surface area contributed by atoms with Crippen LogP contribution in [0.1, 0.15) is 11.1 Å². The van der Waals surface area contributed by atoms with Crippen molar-refractivity contribution in [1.29, 1.82) is 0 Å². The average Bonchev–Trinajstić information content (AvgIpc) is 2.91. The number of ether oxygens (including phenoxy) is 1. The number of hydrogen-bond donors (Lipinski definition) is 1. The lowest BCUT2D eigenvalue weighted by Crippen LogP contribution is -2.27. The van der Waals surface area contributed by atoms with Crippen LogP contribution in [0.3, 0.4) is 0 Å². The molecule has 3 rings (SSSR count). The van der Waals surface area contributed by atoms with E-state index in [1.54, 1.807) is 12.1 Å². The van der Waals surface area contributed by atoms with Gasteiger partial charge < -0.3 is 9.84 Å². The van der Waals surface area contributed by atoms with Crippen molar-refractivity contribution in [3.05, 3.63) is 68.6 Å². The molecule has 9 heteroatoms. The maximum atomic E-state index is 12.6. The fourth-order valence-electron chi connectivity index (χ4n) is 2.46. The third kappa shape index (κ3) is 3.93. The first-order valence-electron chi connectivity index (χ1n) is 7.74. The van der Waals surface area contributed by atoms with Gasteiger partial charge in [-0.2, -0.15) is 0 Å². The van der Waals surface area contributed by atoms with Crippen LogP contribution in [0.4, 0.5) is 10.5 Å². The van der Waals surface area contributed by atoms with Crippen LogP contribution < -0.4 is 4.74 Å². The molecule has 138 valence electrons. The minimum absolute atomic E-state index is 0.00406. The van der Waals surface area contributed by atoms with Crippen molar-refractivity contribution >= 4 is 34.7 Å². The number of imide groups is 1. The first-order valence-corrected chi connectivity index (χ1v) is 8.56. The number of carbonyl (C=O) groups excluding carboxylic acids is 2. The predicted octanol–water partition coefficient (Wildman–Crippen LogP) is 3.55. The molecule has 1 aliphatic rings. The summed E-state index contributed by atoms with van der Waals surface area (Å²) >= 11 is 0.764. The van der Waals surface area contributed by atoms with Gasteiger partial charge >= 0.3 is 0 Å². The summed E-state index contributed by atoms with van der Waals surface area (Å²) < 4.78 is 5.09. The van der Waals surface area contributed by atoms with Gasteiger partial charge in [-0.15, -0.1) is 0 Å². The molecule has 0 aromatic heterocycles. The molecule has 1 fully saturated rings. The quantitative estimate of drug-likeness (QED) is 0.475. The fourth-order valence-corrected chi connectivity index (χ4v) is 3.29. The number of nitro benzene ring substituents is 1. The smallest absolute Gasteiger partial charge is 0.293 e. The highest BCUT2D eigenvalue weighted by Crippen LogP contribution is 2.35. The SMILES string of the molecule is COc1ccc(O)c(/C=C2\SC(=O)N(Cc3ccc([N+](=O)[O-])cc3)C2=O)c1. The van der Waals surface area contributed by atoms with Crippen molar-refractivity contribution in [1.82, 2.24) is 4.90 Å². The van der Waals surface area contributed by atoms with Crippen LogP contribution in [0, 0.1) is 10.1 Å². The Morgan fingerprint density at radius 1 is 1.22 bits per heavy atom. The summed E-state index contributed by atoms with van der Waals surface area (Å²) in [6.07, 6.45) is 1.43. The van der Waals surface area contributed by atoms with Crippen LogP contribution in [-0.4, -0.2) is 33.2 Å². The summed E-state index contributed by atoms with van der Waals surface area (Å²) in [6, 6.07) is 10.2. The number of non-ortho nitro benzene ring substituents is 1. The van der Waals surface area contributed by atoms with Crippen molar-refractivity contribution in [2.45, 2.75) is 6.54 Å². The molecule has 0 spiro atoms. The Balaban J connectivity index is 1.81. The number of aromatic hydroxyl groups is 1. The van der Waals surface area contributed by atoms with Crippen LogP contribution in [0.15, 0.2) is 47.4 Å². The summed E-state index contributed by atoms with van der Waals surface area (Å²) in [5.74, 6) is -0.0345. The fraction of sp³-hybridized carbons (Fsp3) is 0.111. The number of nitrogens with zero attached hydrogens (tertiary/aromatic N) is 2. The van der Waals surface area contributed by atoms with Crippen LogP contribution in [-0.2, 0) is 11.3 Å². The average molecular weight is 386 g/mol. The Kier molecular flexibility index (Phi) is 5.13. The van der Waals surface area contributed by atoms with Gasteiger partial charge in [-0.05, 0) is 41.6 Å². The van der Waals surface area contributed by atoms with Gasteiger partial charge in [0.1, 0.15) is 11.5 Å². The van der Waals surface area contributed by atoms with Gasteiger partial charge in [0.05, 0.1) is 23.5 Å². The lowest BCUT2D eigenvalue weighted by Gasteiger charge is -2.12. The Labute approximate surface area is 158 Å². The molecular formula is C18H14N2O6S. The maximum absolute atomic E-state index is 12.6. The van der Waals surface area contributed by atoms with Crippen molar-refractivity contribution in [3.63, 3.8) is 0 Å². The Morgan fingerprint density at radius 3 is 2.56 bits per heavy atom. The lowest BCUT2D eigenvalue weighted by molar-refractivity contribution is -0.384. The number of benzene rings is 2. The molecule has 0 bridgehead atoms. The number of carbonyl (C=O) groups is 2. The van der Waals surface area contributed by atoms with E-state index in [4.69, 9.17) is 4.74 Å². The van der Waals surface area contributed by atoms with Gasteiger partial charge in [0.25, 0.3) is 16.8 Å². The molecule has 2 amide bonds. The van der Waals surface area contributed by atoms with E-state index in [-0.39, 0.29) is 22.9 Å². The summed E-state index contributed by atoms with van der Waals surface area (Å²) in [5.41, 5.74) is 0.879. The molecule has 27 heavy (non-hydrogen) atoms. The lowest BCUT2D eigenvalue weighted by atomic mass is 10.1. The van der Waals surface area contributed by atoms with E-state index < -0.39 is 16.1 Å². The number of phenolic OH excluding ortho intramolecular Hbond substituents is 1. The molecule has 0 unspecified atom stereocenters. The van der Waals surface area contributed by atoms with Gasteiger partial charge in [-0.25, -0.2) is 0 Å². The maximum Gasteiger partial charge on any atom is 0.293 e. The van der Waals surface area contributed by atoms with Gasteiger partial charge in [0, 0.05) is 17.7 Å². The molecule has 2 aromatic carbocycles. The van der Waals surface area contributed by atoms with Crippen LogP contribution in [0.5, 0.6) is 11.5 Å². The van der Waals surface area contributed by atoms with Gasteiger partial charge in [0.2, 0.25) is 0 Å². The van der Waals surface area contributed by atoms with Crippen molar-refractivity contribution in [2.75, 3.05) is 7.11 Å². The zero-order chi connectivity index (χ0) is 19.6. The van der Waals surface area contributed by atoms with E-state index in [2.05, 4.69) is 0 Å². The van der Waals surface area contributed by atoms with E-state index in [0.717, 1.165) is 16.7 Å². The Morgan fingerprint density at radius 2 is 1.93 bits per heavy atom. The second kappa shape index (κ2) is 7.50. The zero-order valence-electron chi connectivity index (χ0n) is 14.1. The largest absolute Gasteiger partial charge is 0.507 e. The van der Waals surface area contributed by atoms with Crippen molar-refractivity contribution in [3.8, 4) is 11.5 Å². The molecular weight excluding hydrogens is 372 g/mol. The van der Waals surface area contributed by atoms with E-state index in [9.17, 15) is 24.8 Å². The number of methoxy groups -OCH3 is 1. The zero-order valence-corrected chi connectivity index (χ0v) is 14.9. The summed E-state index contributed by atoms with van der Waals surface area (Å²) in [7, 11) is 1.48. The molecule has 8 nitrogen and oxygen atoms in total. The highest BCUT2D eigenvalue weighted by atomic mass is 32.2. The standard InChI is InChI=1S/C18H14N2O6S/c1-26-14-6-7-15(21)12(8-14)9-16-17(22)19(18(23)27-16)10-11-2-4-13(5-3-11)20(24)25/h2-9,21H,10H2,1H3/b16-9-. The second-order valence-electron chi connectivity index (χ2n) is 5.62. The highest BCUT2D eigenvalue weighted by Gasteiger charge is 2.35. The molecule has 1 heterocycles. The number of amides is 2. The summed E-state index contributed by atoms with van der Waals surface area (Å²) in [6.45, 7) is 0.00406. The molecule has 0 saturated carbocycles. The molecule has 0 atom stereocenters. The number of phenols is 1. The topological polar surface area (TPSA) is 110 Å². The third-order valence-electron chi connectivity index (χ3n) is 3.88. The van der Waals surface area contributed by atoms with E-state index in [0.29, 0.717) is 16.9 Å². The van der Waals surface area contributed by atoms with Crippen molar-refractivity contribution in [2.24, 2.45) is 0 Å². The molecule has 0 radical (unpaired) electrons. The number of thioether (sulfide) groups is 1. The molecule has 1 N–H and O–H groups in total. The van der Waals surface area contributed by atoms with E-state index in [1.165, 1.54) is 43.5 Å². The monoisotopic (exact) mass is 386 g/mol. The van der Waals surface area contributed by atoms with Crippen molar-refractivity contribution < 1.29 is 24.4 Å². The van der Waals surface area contributed by atoms with E-state index in [1.807, 2.05) is 0 Å². The van der Waals surface area contributed by atoms with E-state index >= 15 is 0 Å². The Bertz CT molecular complexity index is 955. The number of hydrogen-bond acceptors (Lipinski definition) is 7. The molecule has 2 aromatic rings. The van der Waals surface area contributed by atoms with Gasteiger partial charge in [-0.3, -0.25) is 24.6 Å². The second-order valence-corrected chi connectivity index (χ2v) is 6.61. The Hall–Kier alpha value is -3.33.